The summed E-state index contributed by atoms with van der Waals surface area (Å²) in [6, 6.07) is 15.6. The molecule has 0 saturated carbocycles. The van der Waals surface area contributed by atoms with Gasteiger partial charge in [0, 0.05) is 44.5 Å². The number of hydrogen-bond acceptors (Lipinski definition) is 5. The zero-order valence-corrected chi connectivity index (χ0v) is 16.9. The van der Waals surface area contributed by atoms with Gasteiger partial charge in [0.05, 0.1) is 7.11 Å². The lowest BCUT2D eigenvalue weighted by atomic mass is 10.1. The summed E-state index contributed by atoms with van der Waals surface area (Å²) in [5.41, 5.74) is 2.30. The van der Waals surface area contributed by atoms with Crippen molar-refractivity contribution in [3.8, 4) is 11.5 Å². The van der Waals surface area contributed by atoms with Crippen LogP contribution in [0.3, 0.4) is 0 Å². The van der Waals surface area contributed by atoms with Crippen molar-refractivity contribution in [1.82, 2.24) is 10.2 Å². The number of methoxy groups -OCH3 is 1. The van der Waals surface area contributed by atoms with Gasteiger partial charge >= 0.3 is 0 Å². The molecule has 1 N–H and O–H groups in total. The molecule has 0 aliphatic carbocycles. The number of ether oxygens (including phenoxy) is 2. The molecule has 1 fully saturated rings. The highest BCUT2D eigenvalue weighted by molar-refractivity contribution is 5.80. The molecule has 1 saturated heterocycles. The van der Waals surface area contributed by atoms with E-state index in [0.29, 0.717) is 18.0 Å². The maximum absolute atomic E-state index is 12.3. The minimum atomic E-state index is -0.586. The zero-order valence-electron chi connectivity index (χ0n) is 16.9. The molecule has 2 aromatic rings. The molecular weight excluding hydrogens is 354 g/mol. The molecule has 1 heterocycles. The summed E-state index contributed by atoms with van der Waals surface area (Å²) in [6.45, 7) is 6.49. The smallest absolute Gasteiger partial charge is 0.261 e. The number of carbonyl (C=O) groups is 1. The van der Waals surface area contributed by atoms with Gasteiger partial charge in [-0.3, -0.25) is 4.79 Å². The van der Waals surface area contributed by atoms with Crippen LogP contribution in [0.5, 0.6) is 11.5 Å². The number of hydrogen-bond donors (Lipinski definition) is 1. The molecule has 1 aliphatic heterocycles. The minimum absolute atomic E-state index is 0.147. The second-order valence-electron chi connectivity index (χ2n) is 7.11. The molecule has 0 unspecified atom stereocenters. The van der Waals surface area contributed by atoms with E-state index < -0.39 is 6.10 Å². The molecule has 0 spiro atoms. The van der Waals surface area contributed by atoms with E-state index in [1.54, 1.807) is 20.1 Å². The highest BCUT2D eigenvalue weighted by Gasteiger charge is 2.16. The van der Waals surface area contributed by atoms with Crippen LogP contribution in [0.25, 0.3) is 0 Å². The Hall–Kier alpha value is -2.73. The molecule has 28 heavy (non-hydrogen) atoms. The number of nitrogens with one attached hydrogen (secondary N) is 1. The standard InChI is InChI=1S/C22H29N3O3/c1-17(28-21-6-4-5-20(15-21)27-3)22(26)23-16-18-7-9-19(10-8-18)25-13-11-24(2)12-14-25/h4-10,15,17H,11-14,16H2,1-3H3,(H,23,26)/t17-/m0/s1. The third-order valence-corrected chi connectivity index (χ3v) is 4.99. The summed E-state index contributed by atoms with van der Waals surface area (Å²) in [5.74, 6) is 1.16. The minimum Gasteiger partial charge on any atom is -0.497 e. The molecule has 6 nitrogen and oxygen atoms in total. The molecule has 6 heteroatoms. The molecule has 3 rings (SSSR count). The summed E-state index contributed by atoms with van der Waals surface area (Å²) in [5, 5.41) is 2.94. The molecule has 1 atom stereocenters. The highest BCUT2D eigenvalue weighted by atomic mass is 16.5. The lowest BCUT2D eigenvalue weighted by molar-refractivity contribution is -0.127. The number of benzene rings is 2. The topological polar surface area (TPSA) is 54.0 Å². The lowest BCUT2D eigenvalue weighted by Crippen LogP contribution is -2.44. The number of anilines is 1. The van der Waals surface area contributed by atoms with Gasteiger partial charge in [0.15, 0.2) is 6.10 Å². The number of carbonyl (C=O) groups excluding carboxylic acids is 1. The molecule has 2 aromatic carbocycles. The Kier molecular flexibility index (Phi) is 6.76. The van der Waals surface area contributed by atoms with E-state index in [1.165, 1.54) is 5.69 Å². The van der Waals surface area contributed by atoms with E-state index in [-0.39, 0.29) is 5.91 Å². The molecule has 0 bridgehead atoms. The SMILES string of the molecule is COc1cccc(O[C@@H](C)C(=O)NCc2ccc(N3CCN(C)CC3)cc2)c1. The maximum atomic E-state index is 12.3. The Morgan fingerprint density at radius 2 is 1.75 bits per heavy atom. The van der Waals surface area contributed by atoms with Gasteiger partial charge in [-0.15, -0.1) is 0 Å². The van der Waals surface area contributed by atoms with Crippen LogP contribution in [-0.4, -0.2) is 57.2 Å². The quantitative estimate of drug-likeness (QED) is 0.796. The van der Waals surface area contributed by atoms with Crippen LogP contribution in [0.4, 0.5) is 5.69 Å². The lowest BCUT2D eigenvalue weighted by Gasteiger charge is -2.34. The Morgan fingerprint density at radius 1 is 1.07 bits per heavy atom. The summed E-state index contributed by atoms with van der Waals surface area (Å²) >= 11 is 0. The fourth-order valence-corrected chi connectivity index (χ4v) is 3.15. The van der Waals surface area contributed by atoms with Crippen molar-refractivity contribution in [2.75, 3.05) is 45.2 Å². The van der Waals surface area contributed by atoms with Crippen molar-refractivity contribution in [3.63, 3.8) is 0 Å². The first-order valence-electron chi connectivity index (χ1n) is 9.66. The van der Waals surface area contributed by atoms with Crippen molar-refractivity contribution in [2.45, 2.75) is 19.6 Å². The average Bonchev–Trinajstić information content (AvgIpc) is 2.73. The van der Waals surface area contributed by atoms with Gasteiger partial charge in [0.25, 0.3) is 5.91 Å². The Morgan fingerprint density at radius 3 is 2.43 bits per heavy atom. The molecule has 1 aliphatic rings. The van der Waals surface area contributed by atoms with Crippen LogP contribution in [-0.2, 0) is 11.3 Å². The van der Waals surface area contributed by atoms with Crippen molar-refractivity contribution >= 4 is 11.6 Å². The van der Waals surface area contributed by atoms with Crippen LogP contribution in [0.1, 0.15) is 12.5 Å². The van der Waals surface area contributed by atoms with E-state index in [0.717, 1.165) is 31.7 Å². The summed E-state index contributed by atoms with van der Waals surface area (Å²) in [6.07, 6.45) is -0.586. The van der Waals surface area contributed by atoms with Gasteiger partial charge in [-0.2, -0.15) is 0 Å². The first-order valence-corrected chi connectivity index (χ1v) is 9.66. The van der Waals surface area contributed by atoms with Crippen molar-refractivity contribution in [1.29, 1.82) is 0 Å². The normalized spacial score (nSPS) is 15.8. The Bertz CT molecular complexity index is 771. The first-order chi connectivity index (χ1) is 13.5. The highest BCUT2D eigenvalue weighted by Crippen LogP contribution is 2.20. The van der Waals surface area contributed by atoms with E-state index in [9.17, 15) is 4.79 Å². The van der Waals surface area contributed by atoms with Crippen LogP contribution in [0.15, 0.2) is 48.5 Å². The fraction of sp³-hybridized carbons (Fsp3) is 0.409. The number of piperazine rings is 1. The summed E-state index contributed by atoms with van der Waals surface area (Å²) < 4.78 is 10.9. The van der Waals surface area contributed by atoms with Crippen LogP contribution in [0, 0.1) is 0 Å². The van der Waals surface area contributed by atoms with Crippen LogP contribution >= 0.6 is 0 Å². The predicted octanol–water partition coefficient (Wildman–Crippen LogP) is 2.53. The molecular formula is C22H29N3O3. The molecule has 1 amide bonds. The summed E-state index contributed by atoms with van der Waals surface area (Å²) in [4.78, 5) is 17.1. The molecule has 0 radical (unpaired) electrons. The second kappa shape index (κ2) is 9.46. The third-order valence-electron chi connectivity index (χ3n) is 4.99. The Balaban J connectivity index is 1.48. The van der Waals surface area contributed by atoms with Gasteiger partial charge in [-0.25, -0.2) is 0 Å². The van der Waals surface area contributed by atoms with Crippen molar-refractivity contribution in [3.05, 3.63) is 54.1 Å². The van der Waals surface area contributed by atoms with Gasteiger partial charge in [-0.1, -0.05) is 18.2 Å². The summed E-state index contributed by atoms with van der Waals surface area (Å²) in [7, 11) is 3.76. The van der Waals surface area contributed by atoms with Crippen LogP contribution < -0.4 is 19.7 Å². The first kappa shape index (κ1) is 20.0. The number of likely N-dealkylation sites (N-methyl/N-ethyl adjacent to an activating group) is 1. The number of amides is 1. The Labute approximate surface area is 167 Å². The van der Waals surface area contributed by atoms with Crippen LogP contribution in [0.2, 0.25) is 0 Å². The van der Waals surface area contributed by atoms with E-state index in [4.69, 9.17) is 9.47 Å². The van der Waals surface area contributed by atoms with E-state index in [1.807, 2.05) is 18.2 Å². The monoisotopic (exact) mass is 383 g/mol. The van der Waals surface area contributed by atoms with Gasteiger partial charge < -0.3 is 24.6 Å². The fourth-order valence-electron chi connectivity index (χ4n) is 3.15. The van der Waals surface area contributed by atoms with E-state index >= 15 is 0 Å². The molecule has 150 valence electrons. The number of nitrogens with zero attached hydrogens (tertiary/aromatic N) is 2. The largest absolute Gasteiger partial charge is 0.497 e. The average molecular weight is 383 g/mol. The molecule has 0 aromatic heterocycles. The van der Waals surface area contributed by atoms with Crippen molar-refractivity contribution in [2.24, 2.45) is 0 Å². The second-order valence-corrected chi connectivity index (χ2v) is 7.11. The van der Waals surface area contributed by atoms with Gasteiger partial charge in [-0.05, 0) is 43.8 Å². The predicted molar refractivity (Wildman–Crippen MR) is 111 cm³/mol. The van der Waals surface area contributed by atoms with E-state index in [2.05, 4.69) is 46.4 Å². The van der Waals surface area contributed by atoms with Gasteiger partial charge in [0.2, 0.25) is 0 Å². The zero-order chi connectivity index (χ0) is 19.9. The maximum Gasteiger partial charge on any atom is 0.261 e. The number of rotatable bonds is 7. The van der Waals surface area contributed by atoms with Crippen molar-refractivity contribution < 1.29 is 14.3 Å². The third kappa shape index (κ3) is 5.39. The van der Waals surface area contributed by atoms with Gasteiger partial charge in [0.1, 0.15) is 11.5 Å².